The number of esters is 2. The van der Waals surface area contributed by atoms with Gasteiger partial charge in [-0.3, -0.25) is 0 Å². The quantitative estimate of drug-likeness (QED) is 0.232. The number of hydrogen-bond acceptors (Lipinski definition) is 6. The summed E-state index contributed by atoms with van der Waals surface area (Å²) >= 11 is 0. The summed E-state index contributed by atoms with van der Waals surface area (Å²) in [6.45, 7) is 0. The van der Waals surface area contributed by atoms with Crippen LogP contribution in [0.15, 0.2) is 36.4 Å². The predicted molar refractivity (Wildman–Crippen MR) is 98.0 cm³/mol. The Morgan fingerprint density at radius 2 is 0.865 bits per heavy atom. The molecule has 2 rings (SSSR count). The number of rotatable bonds is 4. The van der Waals surface area contributed by atoms with Crippen molar-refractivity contribution in [3.05, 3.63) is 47.5 Å². The molecule has 37 heavy (non-hydrogen) atoms. The summed E-state index contributed by atoms with van der Waals surface area (Å²) in [5.41, 5.74) is -0.504. The van der Waals surface area contributed by atoms with E-state index in [0.29, 0.717) is 0 Å². The minimum atomic E-state index is -6.41. The number of alkyl halides is 12. The van der Waals surface area contributed by atoms with Crippen molar-refractivity contribution in [2.45, 2.75) is 30.1 Å². The molecule has 0 spiro atoms. The lowest BCUT2D eigenvalue weighted by Gasteiger charge is -2.38. The molecule has 0 saturated heterocycles. The number of nitrogens with two attached hydrogens (primary N) is 2. The van der Waals surface area contributed by atoms with Crippen LogP contribution in [0.4, 0.5) is 64.1 Å². The van der Waals surface area contributed by atoms with E-state index >= 15 is 0 Å². The van der Waals surface area contributed by atoms with Crippen molar-refractivity contribution in [2.24, 2.45) is 0 Å². The highest BCUT2D eigenvalue weighted by Gasteiger charge is 2.72. The van der Waals surface area contributed by atoms with Crippen LogP contribution in [0.5, 0.6) is 11.5 Å². The van der Waals surface area contributed by atoms with Gasteiger partial charge in [-0.25, -0.2) is 9.59 Å². The summed E-state index contributed by atoms with van der Waals surface area (Å²) in [5.74, 6) is -9.15. The molecular formula is C19H10F12N2O4. The zero-order chi connectivity index (χ0) is 28.8. The van der Waals surface area contributed by atoms with E-state index in [1.54, 1.807) is 0 Å². The zero-order valence-corrected chi connectivity index (χ0v) is 17.3. The number of nitrogen functional groups attached to an aromatic ring is 2. The maximum atomic E-state index is 14.3. The number of halogens is 12. The highest BCUT2D eigenvalue weighted by molar-refractivity contribution is 5.80. The Kier molecular flexibility index (Phi) is 7.32. The maximum Gasteiger partial charge on any atom is 0.491 e. The monoisotopic (exact) mass is 558 g/mol. The van der Waals surface area contributed by atoms with Gasteiger partial charge >= 0.3 is 36.6 Å². The van der Waals surface area contributed by atoms with Crippen LogP contribution in [0.1, 0.15) is 11.1 Å². The van der Waals surface area contributed by atoms with Crippen molar-refractivity contribution in [3.8, 4) is 11.5 Å². The van der Waals surface area contributed by atoms with Crippen molar-refractivity contribution in [2.75, 3.05) is 11.5 Å². The van der Waals surface area contributed by atoms with Crippen LogP contribution < -0.4 is 20.9 Å². The summed E-state index contributed by atoms with van der Waals surface area (Å²) in [4.78, 5) is 22.2. The van der Waals surface area contributed by atoms with Gasteiger partial charge in [0, 0.05) is 0 Å². The number of carbonyl (C=O) groups excluding carboxylic acids is 2. The molecule has 18 heteroatoms. The van der Waals surface area contributed by atoms with E-state index in [1.807, 2.05) is 0 Å². The Bertz CT molecular complexity index is 1110. The minimum Gasteiger partial charge on any atom is -0.418 e. The van der Waals surface area contributed by atoms with Crippen LogP contribution in [0.25, 0.3) is 0 Å². The second-order valence-electron chi connectivity index (χ2n) is 7.03. The smallest absolute Gasteiger partial charge is 0.418 e. The highest BCUT2D eigenvalue weighted by atomic mass is 19.4. The highest BCUT2D eigenvalue weighted by Crippen LogP contribution is 2.57. The summed E-state index contributed by atoms with van der Waals surface area (Å²) in [6, 6.07) is 0.193. The third kappa shape index (κ3) is 5.61. The summed E-state index contributed by atoms with van der Waals surface area (Å²) in [7, 11) is 0. The van der Waals surface area contributed by atoms with E-state index in [0.717, 1.165) is 0 Å². The first-order valence-electron chi connectivity index (χ1n) is 9.05. The zero-order valence-electron chi connectivity index (χ0n) is 17.3. The van der Waals surface area contributed by atoms with Gasteiger partial charge in [-0.15, -0.1) is 0 Å². The molecule has 0 atom stereocenters. The van der Waals surface area contributed by atoms with E-state index < -0.39 is 76.1 Å². The molecule has 0 radical (unpaired) electrons. The van der Waals surface area contributed by atoms with Crippen LogP contribution in [0.3, 0.4) is 0 Å². The van der Waals surface area contributed by atoms with Gasteiger partial charge in [-0.1, -0.05) is 12.1 Å². The number of hydrogen-bond donors (Lipinski definition) is 2. The van der Waals surface area contributed by atoms with Gasteiger partial charge in [0.05, 0.1) is 11.4 Å². The van der Waals surface area contributed by atoms with E-state index in [2.05, 4.69) is 9.47 Å². The molecule has 0 unspecified atom stereocenters. The molecule has 6 nitrogen and oxygen atoms in total. The Morgan fingerprint density at radius 1 is 0.568 bits per heavy atom. The molecule has 204 valence electrons. The Morgan fingerprint density at radius 3 is 1.11 bits per heavy atom. The van der Waals surface area contributed by atoms with Crippen molar-refractivity contribution in [1.29, 1.82) is 0 Å². The summed E-state index contributed by atoms with van der Waals surface area (Å²) < 4.78 is 168. The molecule has 0 fully saturated rings. The standard InChI is InChI=1S/C19H10F12N2O4/c20-16(21,22)13(34)36-11-5-7(1-3-9(11)32)15(18(26,27)28,19(29,30)31)8-2-4-10(33)12(6-8)37-14(35)17(23,24)25/h1-6H,32-33H2. The van der Waals surface area contributed by atoms with Gasteiger partial charge in [0.25, 0.3) is 0 Å². The molecule has 0 amide bonds. The molecule has 2 aromatic carbocycles. The van der Waals surface area contributed by atoms with Crippen LogP contribution >= 0.6 is 0 Å². The molecule has 0 aliphatic carbocycles. The number of benzene rings is 2. The van der Waals surface area contributed by atoms with Gasteiger partial charge < -0.3 is 20.9 Å². The summed E-state index contributed by atoms with van der Waals surface area (Å²) in [5, 5.41) is 0. The second-order valence-corrected chi connectivity index (χ2v) is 7.03. The Labute approximate surface area is 196 Å². The lowest BCUT2D eigenvalue weighted by atomic mass is 9.72. The fraction of sp³-hybridized carbons (Fsp3) is 0.263. The summed E-state index contributed by atoms with van der Waals surface area (Å²) in [6.07, 6.45) is -24.3. The molecule has 0 heterocycles. The molecule has 0 saturated carbocycles. The van der Waals surface area contributed by atoms with Crippen molar-refractivity contribution < 1.29 is 71.7 Å². The first-order chi connectivity index (χ1) is 16.5. The fourth-order valence-electron chi connectivity index (χ4n) is 3.01. The van der Waals surface area contributed by atoms with Gasteiger partial charge in [0.1, 0.15) is 0 Å². The molecule has 2 aromatic rings. The Hall–Kier alpha value is -3.86. The molecule has 0 aromatic heterocycles. The molecular weight excluding hydrogens is 548 g/mol. The lowest BCUT2D eigenvalue weighted by molar-refractivity contribution is -0.288. The van der Waals surface area contributed by atoms with Gasteiger partial charge in [-0.05, 0) is 35.4 Å². The first kappa shape index (κ1) is 29.4. The van der Waals surface area contributed by atoms with Gasteiger partial charge in [-0.2, -0.15) is 52.7 Å². The lowest BCUT2D eigenvalue weighted by Crippen LogP contribution is -2.54. The van der Waals surface area contributed by atoms with Crippen molar-refractivity contribution in [3.63, 3.8) is 0 Å². The Balaban J connectivity index is 2.88. The van der Waals surface area contributed by atoms with E-state index in [1.165, 1.54) is 0 Å². The largest absolute Gasteiger partial charge is 0.491 e. The average Bonchev–Trinajstić information content (AvgIpc) is 2.69. The van der Waals surface area contributed by atoms with Crippen molar-refractivity contribution in [1.82, 2.24) is 0 Å². The minimum absolute atomic E-state index is 0.0823. The second kappa shape index (κ2) is 9.22. The third-order valence-electron chi connectivity index (χ3n) is 4.61. The van der Waals surface area contributed by atoms with Crippen LogP contribution in [-0.4, -0.2) is 36.6 Å². The fourth-order valence-corrected chi connectivity index (χ4v) is 3.01. The van der Waals surface area contributed by atoms with Crippen molar-refractivity contribution >= 4 is 23.3 Å². The predicted octanol–water partition coefficient (Wildman–Crippen LogP) is 5.20. The number of ether oxygens (including phenoxy) is 2. The van der Waals surface area contributed by atoms with Crippen LogP contribution in [0.2, 0.25) is 0 Å². The van der Waals surface area contributed by atoms with Gasteiger partial charge in [0.15, 0.2) is 11.5 Å². The molecule has 0 aliphatic heterocycles. The topological polar surface area (TPSA) is 105 Å². The molecule has 0 bridgehead atoms. The molecule has 0 aliphatic rings. The van der Waals surface area contributed by atoms with Crippen LogP contribution in [-0.2, 0) is 15.0 Å². The SMILES string of the molecule is Nc1ccc(C(c2ccc(N)c(OC(=O)C(F)(F)F)c2)(C(F)(F)F)C(F)(F)F)cc1OC(=O)C(F)(F)F. The van der Waals surface area contributed by atoms with E-state index in [4.69, 9.17) is 11.5 Å². The van der Waals surface area contributed by atoms with Crippen LogP contribution in [0, 0.1) is 0 Å². The normalized spacial score (nSPS) is 13.3. The average molecular weight is 558 g/mol. The van der Waals surface area contributed by atoms with E-state index in [9.17, 15) is 62.3 Å². The number of carbonyl (C=O) groups is 2. The van der Waals surface area contributed by atoms with E-state index in [-0.39, 0.29) is 36.4 Å². The maximum absolute atomic E-state index is 14.3. The first-order valence-corrected chi connectivity index (χ1v) is 9.05. The third-order valence-corrected chi connectivity index (χ3v) is 4.61. The number of anilines is 2. The van der Waals surface area contributed by atoms with Gasteiger partial charge in [0.2, 0.25) is 5.41 Å². The molecule has 4 N–H and O–H groups in total.